The van der Waals surface area contributed by atoms with Crippen molar-refractivity contribution in [1.82, 2.24) is 9.88 Å². The molecule has 2 aliphatic rings. The summed E-state index contributed by atoms with van der Waals surface area (Å²) in [5.74, 6) is -0.650. The molecule has 3 N–H and O–H groups in total. The molecule has 10 heteroatoms. The van der Waals surface area contributed by atoms with E-state index in [0.29, 0.717) is 23.8 Å². The number of carbonyl (C=O) groups is 4. The molecule has 0 spiro atoms. The van der Waals surface area contributed by atoms with Gasteiger partial charge in [0.2, 0.25) is 5.91 Å². The molecule has 35 heavy (non-hydrogen) atoms. The lowest BCUT2D eigenvalue weighted by atomic mass is 9.97. The Kier molecular flexibility index (Phi) is 5.77. The van der Waals surface area contributed by atoms with Gasteiger partial charge < -0.3 is 20.4 Å². The second kappa shape index (κ2) is 9.05. The van der Waals surface area contributed by atoms with E-state index in [2.05, 4.69) is 10.3 Å². The highest BCUT2D eigenvalue weighted by molar-refractivity contribution is 6.22. The predicted octanol–water partition coefficient (Wildman–Crippen LogP) is 2.42. The van der Waals surface area contributed by atoms with Gasteiger partial charge in [0, 0.05) is 18.7 Å². The molecule has 1 saturated heterocycles. The molecule has 1 atom stereocenters. The average Bonchev–Trinajstić information content (AvgIpc) is 3.47. The smallest absolute Gasteiger partial charge is 0.261 e. The molecule has 1 aromatic carbocycles. The molecule has 0 saturated carbocycles. The maximum Gasteiger partial charge on any atom is 0.261 e. The Morgan fingerprint density at radius 1 is 1.11 bits per heavy atom. The van der Waals surface area contributed by atoms with Crippen LogP contribution in [0.4, 0.5) is 11.5 Å². The molecule has 3 aromatic rings. The molecule has 178 valence electrons. The summed E-state index contributed by atoms with van der Waals surface area (Å²) in [4.78, 5) is 57.3. The van der Waals surface area contributed by atoms with Gasteiger partial charge in [-0.3, -0.25) is 24.1 Å². The number of primary amides is 1. The molecule has 4 heterocycles. The van der Waals surface area contributed by atoms with Gasteiger partial charge in [0.15, 0.2) is 0 Å². The van der Waals surface area contributed by atoms with Crippen molar-refractivity contribution in [2.75, 3.05) is 23.3 Å². The number of nitrogens with one attached hydrogen (secondary N) is 1. The number of amides is 4. The van der Waals surface area contributed by atoms with Crippen molar-refractivity contribution in [2.24, 2.45) is 11.7 Å². The summed E-state index contributed by atoms with van der Waals surface area (Å²) < 4.78 is 5.24. The van der Waals surface area contributed by atoms with Crippen LogP contribution in [0.25, 0.3) is 0 Å². The van der Waals surface area contributed by atoms with Gasteiger partial charge in [0.25, 0.3) is 17.7 Å². The van der Waals surface area contributed by atoms with Crippen molar-refractivity contribution in [3.05, 3.63) is 77.4 Å². The number of hydrogen-bond acceptors (Lipinski definition) is 7. The van der Waals surface area contributed by atoms with Crippen LogP contribution in [0.1, 0.15) is 49.7 Å². The van der Waals surface area contributed by atoms with Crippen LogP contribution < -0.4 is 16.0 Å². The maximum atomic E-state index is 12.8. The molecule has 1 unspecified atom stereocenters. The first-order chi connectivity index (χ1) is 16.9. The van der Waals surface area contributed by atoms with Crippen molar-refractivity contribution in [2.45, 2.75) is 19.4 Å². The molecule has 1 fully saturated rings. The minimum Gasteiger partial charge on any atom is -0.467 e. The summed E-state index contributed by atoms with van der Waals surface area (Å²) >= 11 is 0. The number of nitrogens with two attached hydrogens (primary N) is 1. The van der Waals surface area contributed by atoms with Gasteiger partial charge in [-0.25, -0.2) is 4.98 Å². The highest BCUT2D eigenvalue weighted by atomic mass is 16.3. The van der Waals surface area contributed by atoms with E-state index in [9.17, 15) is 19.2 Å². The summed E-state index contributed by atoms with van der Waals surface area (Å²) in [5, 5.41) is 2.76. The van der Waals surface area contributed by atoms with Crippen LogP contribution in [0.15, 0.2) is 59.3 Å². The Hall–Kier alpha value is -4.47. The van der Waals surface area contributed by atoms with Gasteiger partial charge in [-0.05, 0) is 55.3 Å². The zero-order valence-electron chi connectivity index (χ0n) is 18.8. The van der Waals surface area contributed by atoms with Crippen molar-refractivity contribution >= 4 is 35.1 Å². The molecule has 2 aromatic heterocycles. The first-order valence-corrected chi connectivity index (χ1v) is 11.2. The zero-order chi connectivity index (χ0) is 24.5. The van der Waals surface area contributed by atoms with Gasteiger partial charge in [-0.15, -0.1) is 0 Å². The molecule has 5 rings (SSSR count). The van der Waals surface area contributed by atoms with E-state index in [4.69, 9.17) is 10.2 Å². The third kappa shape index (κ3) is 4.37. The topological polar surface area (TPSA) is 139 Å². The Morgan fingerprint density at radius 2 is 1.94 bits per heavy atom. The van der Waals surface area contributed by atoms with Crippen LogP contribution in [-0.2, 0) is 11.3 Å². The highest BCUT2D eigenvalue weighted by Crippen LogP contribution is 2.27. The molecular weight excluding hydrogens is 450 g/mol. The maximum absolute atomic E-state index is 12.8. The van der Waals surface area contributed by atoms with Crippen molar-refractivity contribution in [3.63, 3.8) is 0 Å². The van der Waals surface area contributed by atoms with Gasteiger partial charge in [0.1, 0.15) is 11.6 Å². The van der Waals surface area contributed by atoms with Crippen molar-refractivity contribution < 1.29 is 23.6 Å². The van der Waals surface area contributed by atoms with Crippen LogP contribution >= 0.6 is 0 Å². The van der Waals surface area contributed by atoms with E-state index in [0.717, 1.165) is 24.3 Å². The lowest BCUT2D eigenvalue weighted by Gasteiger charge is -2.32. The number of fused-ring (bicyclic) bond motifs is 1. The SMILES string of the molecule is NC(=O)C1CCCN(c2ccc(NC(=O)c3ccc4c(c3)C(=O)N(Cc3ccco3)C4=O)cn2)C1. The number of rotatable bonds is 6. The number of nitrogens with zero attached hydrogens (tertiary/aromatic N) is 3. The fraction of sp³-hybridized carbons (Fsp3) is 0.240. The number of aromatic nitrogens is 1. The largest absolute Gasteiger partial charge is 0.467 e. The summed E-state index contributed by atoms with van der Waals surface area (Å²) in [6, 6.07) is 11.3. The fourth-order valence-electron chi connectivity index (χ4n) is 4.40. The van der Waals surface area contributed by atoms with Crippen LogP contribution in [-0.4, -0.2) is 46.6 Å². The number of furan rings is 1. The van der Waals surface area contributed by atoms with E-state index >= 15 is 0 Å². The summed E-state index contributed by atoms with van der Waals surface area (Å²) in [6.45, 7) is 1.32. The second-order valence-electron chi connectivity index (χ2n) is 8.58. The van der Waals surface area contributed by atoms with Gasteiger partial charge in [-0.2, -0.15) is 0 Å². The summed E-state index contributed by atoms with van der Waals surface area (Å²) in [5.41, 5.74) is 6.60. The summed E-state index contributed by atoms with van der Waals surface area (Å²) in [7, 11) is 0. The fourth-order valence-corrected chi connectivity index (χ4v) is 4.40. The Labute approximate surface area is 200 Å². The van der Waals surface area contributed by atoms with E-state index in [1.165, 1.54) is 30.7 Å². The van der Waals surface area contributed by atoms with Crippen LogP contribution in [0, 0.1) is 5.92 Å². The monoisotopic (exact) mass is 473 g/mol. The van der Waals surface area contributed by atoms with Crippen LogP contribution in [0.3, 0.4) is 0 Å². The van der Waals surface area contributed by atoms with Gasteiger partial charge in [0.05, 0.1) is 41.7 Å². The predicted molar refractivity (Wildman–Crippen MR) is 126 cm³/mol. The molecule has 2 aliphatic heterocycles. The van der Waals surface area contributed by atoms with Crippen molar-refractivity contribution in [3.8, 4) is 0 Å². The number of anilines is 2. The molecule has 0 aliphatic carbocycles. The average molecular weight is 473 g/mol. The van der Waals surface area contributed by atoms with E-state index in [1.54, 1.807) is 24.3 Å². The number of carbonyl (C=O) groups excluding carboxylic acids is 4. The van der Waals surface area contributed by atoms with E-state index in [-0.39, 0.29) is 35.1 Å². The number of benzene rings is 1. The van der Waals surface area contributed by atoms with Crippen LogP contribution in [0.2, 0.25) is 0 Å². The normalized spacial score (nSPS) is 17.4. The molecule has 10 nitrogen and oxygen atoms in total. The summed E-state index contributed by atoms with van der Waals surface area (Å²) in [6.07, 6.45) is 4.64. The first-order valence-electron chi connectivity index (χ1n) is 11.2. The third-order valence-electron chi connectivity index (χ3n) is 6.28. The second-order valence-corrected chi connectivity index (χ2v) is 8.58. The van der Waals surface area contributed by atoms with Gasteiger partial charge >= 0.3 is 0 Å². The molecule has 4 amide bonds. The van der Waals surface area contributed by atoms with E-state index in [1.807, 2.05) is 4.90 Å². The number of hydrogen-bond donors (Lipinski definition) is 2. The highest BCUT2D eigenvalue weighted by Gasteiger charge is 2.36. The molecule has 0 bridgehead atoms. The number of pyridine rings is 1. The van der Waals surface area contributed by atoms with E-state index < -0.39 is 17.7 Å². The quantitative estimate of drug-likeness (QED) is 0.524. The Balaban J connectivity index is 1.27. The first kappa shape index (κ1) is 22.3. The Bertz CT molecular complexity index is 1300. The minimum absolute atomic E-state index is 0.0239. The van der Waals surface area contributed by atoms with Crippen molar-refractivity contribution in [1.29, 1.82) is 0 Å². The zero-order valence-corrected chi connectivity index (χ0v) is 18.8. The van der Waals surface area contributed by atoms with Crippen LogP contribution in [0.5, 0.6) is 0 Å². The lowest BCUT2D eigenvalue weighted by Crippen LogP contribution is -2.41. The van der Waals surface area contributed by atoms with Gasteiger partial charge in [-0.1, -0.05) is 0 Å². The minimum atomic E-state index is -0.474. The molecule has 0 radical (unpaired) electrons. The number of imide groups is 1. The number of piperidine rings is 1. The standard InChI is InChI=1S/C25H23N5O5/c26-22(31)16-3-1-9-29(13-16)21-8-6-17(12-27-21)28-23(32)15-5-7-19-20(11-15)25(34)30(24(19)33)14-18-4-2-10-35-18/h2,4-8,10-12,16H,1,3,9,13-14H2,(H2,26,31)(H,28,32). The third-order valence-corrected chi connectivity index (χ3v) is 6.28. The molecular formula is C25H23N5O5. The lowest BCUT2D eigenvalue weighted by molar-refractivity contribution is -0.122. The Morgan fingerprint density at radius 3 is 2.66 bits per heavy atom.